The number of fused-ring (bicyclic) bond motifs is 1. The van der Waals surface area contributed by atoms with Gasteiger partial charge in [0.2, 0.25) is 5.78 Å². The zero-order valence-electron chi connectivity index (χ0n) is 11.5. The van der Waals surface area contributed by atoms with Crippen molar-refractivity contribution in [2.75, 3.05) is 6.61 Å². The number of nitrogens with one attached hydrogen (secondary N) is 1. The first-order chi connectivity index (χ1) is 10.6. The summed E-state index contributed by atoms with van der Waals surface area (Å²) in [6.07, 6.45) is 1.91. The maximum Gasteiger partial charge on any atom is 0.310 e. The van der Waals surface area contributed by atoms with Crippen molar-refractivity contribution in [2.24, 2.45) is 0 Å². The van der Waals surface area contributed by atoms with Crippen molar-refractivity contribution in [3.63, 3.8) is 0 Å². The number of H-pyrrole nitrogens is 1. The van der Waals surface area contributed by atoms with Crippen LogP contribution < -0.4 is 0 Å². The lowest BCUT2D eigenvalue weighted by molar-refractivity contribution is -0.141. The maximum atomic E-state index is 11.9. The van der Waals surface area contributed by atoms with E-state index in [2.05, 4.69) is 4.98 Å². The highest BCUT2D eigenvalue weighted by molar-refractivity contribution is 7.18. The van der Waals surface area contributed by atoms with Crippen molar-refractivity contribution in [1.29, 1.82) is 0 Å². The van der Waals surface area contributed by atoms with Crippen LogP contribution in [0, 0.1) is 0 Å². The van der Waals surface area contributed by atoms with Gasteiger partial charge in [-0.05, 0) is 23.8 Å². The molecule has 0 unspecified atom stereocenters. The Morgan fingerprint density at radius 2 is 2.00 bits per heavy atom. The molecule has 4 nitrogen and oxygen atoms in total. The average molecular weight is 334 g/mol. The van der Waals surface area contributed by atoms with Gasteiger partial charge in [-0.3, -0.25) is 9.59 Å². The van der Waals surface area contributed by atoms with Gasteiger partial charge in [-0.15, -0.1) is 11.3 Å². The second-order valence-corrected chi connectivity index (χ2v) is 6.44. The molecule has 22 heavy (non-hydrogen) atoms. The molecule has 0 aliphatic carbocycles. The van der Waals surface area contributed by atoms with Gasteiger partial charge in [0, 0.05) is 17.1 Å². The Morgan fingerprint density at radius 3 is 2.77 bits per heavy atom. The number of thiophene rings is 1. The van der Waals surface area contributed by atoms with Crippen molar-refractivity contribution in [3.05, 3.63) is 57.4 Å². The van der Waals surface area contributed by atoms with E-state index in [4.69, 9.17) is 16.3 Å². The Morgan fingerprint density at radius 1 is 1.18 bits per heavy atom. The maximum absolute atomic E-state index is 11.9. The largest absolute Gasteiger partial charge is 0.457 e. The van der Waals surface area contributed by atoms with Crippen LogP contribution in [0.2, 0.25) is 4.34 Å². The van der Waals surface area contributed by atoms with E-state index >= 15 is 0 Å². The molecule has 0 amide bonds. The molecule has 112 valence electrons. The fraction of sp³-hybridized carbons (Fsp3) is 0.125. The minimum absolute atomic E-state index is 0.127. The van der Waals surface area contributed by atoms with E-state index in [0.717, 1.165) is 16.5 Å². The van der Waals surface area contributed by atoms with Crippen LogP contribution in [0.15, 0.2) is 42.6 Å². The molecule has 0 spiro atoms. The molecular weight excluding hydrogens is 322 g/mol. The second-order valence-electron chi connectivity index (χ2n) is 4.72. The topological polar surface area (TPSA) is 59.2 Å². The molecule has 0 atom stereocenters. The summed E-state index contributed by atoms with van der Waals surface area (Å²) >= 11 is 6.95. The summed E-state index contributed by atoms with van der Waals surface area (Å²) in [6.45, 7) is -0.266. The van der Waals surface area contributed by atoms with Crippen molar-refractivity contribution < 1.29 is 14.3 Å². The molecule has 6 heteroatoms. The molecule has 0 saturated heterocycles. The average Bonchev–Trinajstić information content (AvgIpc) is 3.12. The lowest BCUT2D eigenvalue weighted by Crippen LogP contribution is -2.14. The molecule has 3 rings (SSSR count). The van der Waals surface area contributed by atoms with E-state index < -0.39 is 5.97 Å². The second kappa shape index (κ2) is 6.34. The quantitative estimate of drug-likeness (QED) is 0.570. The monoisotopic (exact) mass is 333 g/mol. The van der Waals surface area contributed by atoms with E-state index in [9.17, 15) is 9.59 Å². The minimum atomic E-state index is -0.430. The molecule has 2 aromatic heterocycles. The first-order valence-electron chi connectivity index (χ1n) is 6.62. The van der Waals surface area contributed by atoms with Gasteiger partial charge < -0.3 is 9.72 Å². The predicted molar refractivity (Wildman–Crippen MR) is 86.6 cm³/mol. The van der Waals surface area contributed by atoms with Gasteiger partial charge >= 0.3 is 5.97 Å². The number of aromatic nitrogens is 1. The van der Waals surface area contributed by atoms with Gasteiger partial charge in [-0.2, -0.15) is 0 Å². The van der Waals surface area contributed by atoms with Crippen molar-refractivity contribution in [3.8, 4) is 0 Å². The summed E-state index contributed by atoms with van der Waals surface area (Å²) in [7, 11) is 0. The molecule has 0 saturated carbocycles. The van der Waals surface area contributed by atoms with Gasteiger partial charge in [-0.1, -0.05) is 29.8 Å². The molecule has 0 radical (unpaired) electrons. The number of para-hydroxylation sites is 1. The number of benzene rings is 1. The molecule has 0 aliphatic heterocycles. The number of aromatic amines is 1. The first kappa shape index (κ1) is 14.8. The number of halogens is 1. The first-order valence-corrected chi connectivity index (χ1v) is 7.82. The predicted octanol–water partition coefficient (Wildman–Crippen LogP) is 3.85. The Balaban J connectivity index is 1.60. The fourth-order valence-electron chi connectivity index (χ4n) is 2.17. The van der Waals surface area contributed by atoms with Gasteiger partial charge in [-0.25, -0.2) is 0 Å². The van der Waals surface area contributed by atoms with Gasteiger partial charge in [0.15, 0.2) is 6.61 Å². The Kier molecular flexibility index (Phi) is 4.27. The number of rotatable bonds is 5. The number of carbonyl (C=O) groups excluding carboxylic acids is 2. The zero-order chi connectivity index (χ0) is 15.5. The van der Waals surface area contributed by atoms with Crippen molar-refractivity contribution in [1.82, 2.24) is 4.98 Å². The highest BCUT2D eigenvalue weighted by atomic mass is 35.5. The normalized spacial score (nSPS) is 10.8. The van der Waals surface area contributed by atoms with E-state index in [-0.39, 0.29) is 18.8 Å². The van der Waals surface area contributed by atoms with E-state index in [1.807, 2.05) is 24.3 Å². The lowest BCUT2D eigenvalue weighted by atomic mass is 10.1. The number of ketones is 1. The summed E-state index contributed by atoms with van der Waals surface area (Å²) < 4.78 is 5.59. The van der Waals surface area contributed by atoms with Gasteiger partial charge in [0.25, 0.3) is 0 Å². The minimum Gasteiger partial charge on any atom is -0.457 e. The van der Waals surface area contributed by atoms with E-state index in [1.165, 1.54) is 11.3 Å². The van der Waals surface area contributed by atoms with Gasteiger partial charge in [0.05, 0.1) is 15.6 Å². The number of hydrogen-bond acceptors (Lipinski definition) is 4. The number of esters is 1. The molecule has 1 aromatic carbocycles. The molecule has 3 aromatic rings. The van der Waals surface area contributed by atoms with E-state index in [0.29, 0.717) is 9.21 Å². The Labute approximate surface area is 135 Å². The molecule has 2 heterocycles. The van der Waals surface area contributed by atoms with Gasteiger partial charge in [0.1, 0.15) is 0 Å². The third-order valence-corrected chi connectivity index (χ3v) is 4.49. The third-order valence-electron chi connectivity index (χ3n) is 3.22. The molecule has 0 aliphatic rings. The summed E-state index contributed by atoms with van der Waals surface area (Å²) in [5, 5.41) is 0.982. The van der Waals surface area contributed by atoms with Crippen molar-refractivity contribution >= 4 is 45.6 Å². The van der Waals surface area contributed by atoms with Crippen LogP contribution >= 0.6 is 22.9 Å². The number of hydrogen-bond donors (Lipinski definition) is 1. The smallest absolute Gasteiger partial charge is 0.310 e. The SMILES string of the molecule is O=C(Cc1c[nH]c2ccccc12)OCC(=O)c1ccc(Cl)s1. The van der Waals surface area contributed by atoms with Crippen molar-refractivity contribution in [2.45, 2.75) is 6.42 Å². The summed E-state index contributed by atoms with van der Waals surface area (Å²) in [6, 6.07) is 11.0. The van der Waals surface area contributed by atoms with Crippen LogP contribution in [0.25, 0.3) is 10.9 Å². The fourth-order valence-corrected chi connectivity index (χ4v) is 3.13. The van der Waals surface area contributed by atoms with Crippen LogP contribution in [0.3, 0.4) is 0 Å². The zero-order valence-corrected chi connectivity index (χ0v) is 13.0. The number of Topliss-reactive ketones (excluding diaryl/α,β-unsaturated/α-hetero) is 1. The van der Waals surface area contributed by atoms with Crippen LogP contribution in [-0.4, -0.2) is 23.3 Å². The molecule has 0 fully saturated rings. The lowest BCUT2D eigenvalue weighted by Gasteiger charge is -2.03. The Bertz CT molecular complexity index is 837. The molecule has 1 N–H and O–H groups in total. The van der Waals surface area contributed by atoms with Crippen LogP contribution in [-0.2, 0) is 16.0 Å². The highest BCUT2D eigenvalue weighted by Gasteiger charge is 2.14. The molecular formula is C16H12ClNO3S. The number of carbonyl (C=O) groups is 2. The standard InChI is InChI=1S/C16H12ClNO3S/c17-15-6-5-14(22-15)13(19)9-21-16(20)7-10-8-18-12-4-2-1-3-11(10)12/h1-6,8,18H,7,9H2. The molecule has 0 bridgehead atoms. The van der Waals surface area contributed by atoms with Crippen LogP contribution in [0.5, 0.6) is 0 Å². The number of ether oxygens (including phenoxy) is 1. The third kappa shape index (κ3) is 3.21. The highest BCUT2D eigenvalue weighted by Crippen LogP contribution is 2.22. The van der Waals surface area contributed by atoms with Crippen LogP contribution in [0.1, 0.15) is 15.2 Å². The Hall–Kier alpha value is -2.11. The summed E-state index contributed by atoms with van der Waals surface area (Å²) in [5.41, 5.74) is 1.82. The van der Waals surface area contributed by atoms with E-state index in [1.54, 1.807) is 18.3 Å². The summed E-state index contributed by atoms with van der Waals surface area (Å²) in [4.78, 5) is 27.3. The van der Waals surface area contributed by atoms with Crippen LogP contribution in [0.4, 0.5) is 0 Å². The summed E-state index contributed by atoms with van der Waals surface area (Å²) in [5.74, 6) is -0.676.